The minimum atomic E-state index is -3.97. The van der Waals surface area contributed by atoms with Gasteiger partial charge in [0.25, 0.3) is 0 Å². The van der Waals surface area contributed by atoms with Gasteiger partial charge in [0.1, 0.15) is 5.82 Å². The zero-order valence-corrected chi connectivity index (χ0v) is 18.0. The second-order valence-electron chi connectivity index (χ2n) is 6.99. The summed E-state index contributed by atoms with van der Waals surface area (Å²) in [5, 5.41) is -0.121. The van der Waals surface area contributed by atoms with Crippen molar-refractivity contribution in [3.8, 4) is 11.5 Å². The van der Waals surface area contributed by atoms with Crippen LogP contribution in [-0.2, 0) is 9.84 Å². The minimum absolute atomic E-state index is 0.00868. The average molecular weight is 479 g/mol. The molecule has 5 nitrogen and oxygen atoms in total. The molecule has 4 rings (SSSR count). The monoisotopic (exact) mass is 478 g/mol. The summed E-state index contributed by atoms with van der Waals surface area (Å²) in [4.78, 5) is 6.33. The Bertz CT molecular complexity index is 1090. The molecular formula is C21H20BrFN2O3S. The molecule has 2 heterocycles. The van der Waals surface area contributed by atoms with Gasteiger partial charge in [-0.05, 0) is 61.4 Å². The van der Waals surface area contributed by atoms with Gasteiger partial charge in [-0.25, -0.2) is 12.8 Å². The van der Waals surface area contributed by atoms with Crippen molar-refractivity contribution < 1.29 is 17.2 Å². The van der Waals surface area contributed by atoms with Crippen molar-refractivity contribution in [3.05, 3.63) is 58.8 Å². The van der Waals surface area contributed by atoms with Crippen LogP contribution in [0.1, 0.15) is 25.7 Å². The van der Waals surface area contributed by atoms with Gasteiger partial charge < -0.3 is 9.32 Å². The Hall–Kier alpha value is -2.19. The summed E-state index contributed by atoms with van der Waals surface area (Å²) in [5.74, 6) is 0.0129. The quantitative estimate of drug-likeness (QED) is 0.466. The smallest absolute Gasteiger partial charge is 0.236 e. The molecule has 0 atom stereocenters. The average Bonchev–Trinajstić information content (AvgIpc) is 2.99. The van der Waals surface area contributed by atoms with Gasteiger partial charge in [-0.3, -0.25) is 0 Å². The van der Waals surface area contributed by atoms with E-state index in [4.69, 9.17) is 4.42 Å². The molecule has 1 aromatic heterocycles. The van der Waals surface area contributed by atoms with Gasteiger partial charge in [-0.2, -0.15) is 4.98 Å². The predicted molar refractivity (Wildman–Crippen MR) is 112 cm³/mol. The minimum Gasteiger partial charge on any atom is -0.419 e. The molecule has 1 aliphatic heterocycles. The van der Waals surface area contributed by atoms with Crippen LogP contribution in [0, 0.1) is 5.82 Å². The molecule has 0 saturated carbocycles. The first-order valence-corrected chi connectivity index (χ1v) is 11.7. The van der Waals surface area contributed by atoms with E-state index in [0.29, 0.717) is 18.7 Å². The van der Waals surface area contributed by atoms with Crippen molar-refractivity contribution in [2.75, 3.05) is 18.0 Å². The third-order valence-corrected chi connectivity index (χ3v) is 7.14. The maximum Gasteiger partial charge on any atom is 0.236 e. The molecule has 8 heteroatoms. The Morgan fingerprint density at radius 3 is 2.17 bits per heavy atom. The van der Waals surface area contributed by atoms with Gasteiger partial charge in [0.15, 0.2) is 0 Å². The summed E-state index contributed by atoms with van der Waals surface area (Å²) in [6.45, 7) is 1.42. The predicted octanol–water partition coefficient (Wildman–Crippen LogP) is 5.46. The lowest BCUT2D eigenvalue weighted by molar-refractivity contribution is 0.543. The lowest BCUT2D eigenvalue weighted by atomic mass is 10.2. The number of anilines is 1. The molecule has 2 aromatic carbocycles. The van der Waals surface area contributed by atoms with E-state index in [2.05, 4.69) is 20.9 Å². The summed E-state index contributed by atoms with van der Waals surface area (Å²) in [5.41, 5.74) is 0.685. The first-order chi connectivity index (χ1) is 13.9. The van der Waals surface area contributed by atoms with Crippen molar-refractivity contribution in [3.63, 3.8) is 0 Å². The van der Waals surface area contributed by atoms with Crippen LogP contribution in [0.15, 0.2) is 67.3 Å². The van der Waals surface area contributed by atoms with Gasteiger partial charge in [-0.1, -0.05) is 28.8 Å². The Balaban J connectivity index is 1.83. The summed E-state index contributed by atoms with van der Waals surface area (Å²) in [6, 6.07) is 12.1. The van der Waals surface area contributed by atoms with Gasteiger partial charge in [0.2, 0.25) is 26.6 Å². The highest BCUT2D eigenvalue weighted by molar-refractivity contribution is 9.10. The second kappa shape index (κ2) is 8.28. The zero-order chi connectivity index (χ0) is 20.4. The van der Waals surface area contributed by atoms with Crippen molar-refractivity contribution >= 4 is 31.7 Å². The van der Waals surface area contributed by atoms with Crippen LogP contribution in [0.3, 0.4) is 0 Å². The highest BCUT2D eigenvalue weighted by Crippen LogP contribution is 2.36. The molecule has 29 heavy (non-hydrogen) atoms. The molecule has 0 bridgehead atoms. The Kier molecular flexibility index (Phi) is 5.74. The van der Waals surface area contributed by atoms with Gasteiger partial charge in [-0.15, -0.1) is 0 Å². The summed E-state index contributed by atoms with van der Waals surface area (Å²) in [6.07, 6.45) is 4.13. The van der Waals surface area contributed by atoms with Crippen LogP contribution in [0.25, 0.3) is 11.5 Å². The van der Waals surface area contributed by atoms with E-state index in [1.54, 1.807) is 0 Å². The highest BCUT2D eigenvalue weighted by Gasteiger charge is 2.31. The number of oxazole rings is 1. The topological polar surface area (TPSA) is 63.4 Å². The van der Waals surface area contributed by atoms with Crippen LogP contribution in [0.4, 0.5) is 10.3 Å². The van der Waals surface area contributed by atoms with Crippen LogP contribution in [-0.4, -0.2) is 26.5 Å². The molecule has 0 N–H and O–H groups in total. The van der Waals surface area contributed by atoms with E-state index in [1.165, 1.54) is 12.1 Å². The summed E-state index contributed by atoms with van der Waals surface area (Å²) >= 11 is 3.39. The molecule has 0 amide bonds. The first kappa shape index (κ1) is 20.1. The van der Waals surface area contributed by atoms with E-state index in [-0.39, 0.29) is 21.7 Å². The highest BCUT2D eigenvalue weighted by atomic mass is 79.9. The van der Waals surface area contributed by atoms with Gasteiger partial charge in [0, 0.05) is 23.1 Å². The van der Waals surface area contributed by atoms with Crippen LogP contribution in [0.2, 0.25) is 0 Å². The molecule has 1 aliphatic rings. The molecule has 0 spiro atoms. The number of hydrogen-bond acceptors (Lipinski definition) is 5. The van der Waals surface area contributed by atoms with Crippen LogP contribution >= 0.6 is 15.9 Å². The fourth-order valence-corrected chi connectivity index (χ4v) is 4.97. The largest absolute Gasteiger partial charge is 0.419 e. The van der Waals surface area contributed by atoms with E-state index in [9.17, 15) is 12.8 Å². The number of rotatable bonds is 4. The zero-order valence-electron chi connectivity index (χ0n) is 15.6. The molecule has 0 unspecified atom stereocenters. The first-order valence-electron chi connectivity index (χ1n) is 9.47. The third kappa shape index (κ3) is 4.23. The van der Waals surface area contributed by atoms with Crippen LogP contribution < -0.4 is 4.90 Å². The number of benzene rings is 2. The number of hydrogen-bond donors (Lipinski definition) is 0. The van der Waals surface area contributed by atoms with Gasteiger partial charge >= 0.3 is 0 Å². The van der Waals surface area contributed by atoms with E-state index < -0.39 is 15.7 Å². The molecule has 0 aliphatic carbocycles. The van der Waals surface area contributed by atoms with Crippen LogP contribution in [0.5, 0.6) is 0 Å². The summed E-state index contributed by atoms with van der Waals surface area (Å²) in [7, 11) is -3.97. The lowest BCUT2D eigenvalue weighted by Crippen LogP contribution is -2.25. The van der Waals surface area contributed by atoms with Crippen molar-refractivity contribution in [2.24, 2.45) is 0 Å². The Labute approximate surface area is 177 Å². The number of aromatic nitrogens is 1. The molecule has 1 fully saturated rings. The lowest BCUT2D eigenvalue weighted by Gasteiger charge is -2.20. The van der Waals surface area contributed by atoms with Crippen molar-refractivity contribution in [2.45, 2.75) is 35.6 Å². The number of nitrogens with zero attached hydrogens (tertiary/aromatic N) is 2. The number of sulfone groups is 1. The SMILES string of the molecule is O=S(=O)(c1ccc(F)cc1)c1nc(-c2ccc(Br)cc2)oc1N1CCCCCC1. The van der Waals surface area contributed by atoms with E-state index >= 15 is 0 Å². The fourth-order valence-electron chi connectivity index (χ4n) is 3.39. The third-order valence-electron chi connectivity index (χ3n) is 4.94. The molecule has 3 aromatic rings. The number of halogens is 2. The Morgan fingerprint density at radius 2 is 1.55 bits per heavy atom. The van der Waals surface area contributed by atoms with Crippen molar-refractivity contribution in [1.82, 2.24) is 4.98 Å². The van der Waals surface area contributed by atoms with Crippen molar-refractivity contribution in [1.29, 1.82) is 0 Å². The van der Waals surface area contributed by atoms with E-state index in [1.807, 2.05) is 29.2 Å². The van der Waals surface area contributed by atoms with Gasteiger partial charge in [0.05, 0.1) is 4.90 Å². The second-order valence-corrected chi connectivity index (χ2v) is 9.78. The van der Waals surface area contributed by atoms with E-state index in [0.717, 1.165) is 42.3 Å². The fraction of sp³-hybridized carbons (Fsp3) is 0.286. The molecule has 152 valence electrons. The molecule has 0 radical (unpaired) electrons. The molecular weight excluding hydrogens is 459 g/mol. The maximum absolute atomic E-state index is 13.3. The standard InChI is InChI=1S/C21H20BrFN2O3S/c22-16-7-5-15(6-8-16)19-24-20(21(28-19)25-13-3-1-2-4-14-25)29(26,27)18-11-9-17(23)10-12-18/h5-12H,1-4,13-14H2. The maximum atomic E-state index is 13.3. The normalized spacial score (nSPS) is 15.3. The molecule has 1 saturated heterocycles. The summed E-state index contributed by atoms with van der Waals surface area (Å²) < 4.78 is 46.9. The Morgan fingerprint density at radius 1 is 0.931 bits per heavy atom.